The van der Waals surface area contributed by atoms with Gasteiger partial charge in [-0.15, -0.1) is 0 Å². The first-order chi connectivity index (χ1) is 15.8. The Morgan fingerprint density at radius 1 is 1.27 bits per heavy atom. The van der Waals surface area contributed by atoms with E-state index in [1.165, 1.54) is 24.0 Å². The number of nitrogens with zero attached hydrogens (tertiary/aromatic N) is 3. The fourth-order valence-electron chi connectivity index (χ4n) is 3.69. The van der Waals surface area contributed by atoms with Gasteiger partial charge in [0.05, 0.1) is 23.9 Å². The highest BCUT2D eigenvalue weighted by Crippen LogP contribution is 2.24. The number of halogens is 1. The number of carbonyl (C=O) groups is 1. The molecule has 1 aliphatic heterocycles. The Morgan fingerprint density at radius 3 is 2.55 bits per heavy atom. The molecule has 176 valence electrons. The number of benzene rings is 1. The molecule has 0 bridgehead atoms. The van der Waals surface area contributed by atoms with E-state index in [1.54, 1.807) is 7.11 Å². The van der Waals surface area contributed by atoms with Crippen molar-refractivity contribution in [2.24, 2.45) is 22.2 Å². The number of methoxy groups -OCH3 is 1. The van der Waals surface area contributed by atoms with Gasteiger partial charge in [-0.25, -0.2) is 9.98 Å². The molecule has 7 N–H and O–H groups in total. The van der Waals surface area contributed by atoms with Gasteiger partial charge in [0.1, 0.15) is 11.6 Å². The molecule has 1 fully saturated rings. The zero-order chi connectivity index (χ0) is 23.8. The molecule has 1 aromatic heterocycles. The van der Waals surface area contributed by atoms with Gasteiger partial charge < -0.3 is 27.3 Å². The number of nitrogens with one attached hydrogen (secondary N) is 1. The van der Waals surface area contributed by atoms with Crippen molar-refractivity contribution in [1.82, 2.24) is 15.2 Å². The zero-order valence-corrected chi connectivity index (χ0v) is 18.6. The summed E-state index contributed by atoms with van der Waals surface area (Å²) in [6.07, 6.45) is 4.27. The highest BCUT2D eigenvalue weighted by Gasteiger charge is 2.32. The summed E-state index contributed by atoms with van der Waals surface area (Å²) < 4.78 is 18.5. The molecule has 3 rings (SSSR count). The lowest BCUT2D eigenvalue weighted by Crippen LogP contribution is -2.56. The van der Waals surface area contributed by atoms with Crippen LogP contribution >= 0.6 is 0 Å². The molecule has 1 aliphatic rings. The van der Waals surface area contributed by atoms with Crippen LogP contribution in [0.2, 0.25) is 0 Å². The van der Waals surface area contributed by atoms with Crippen molar-refractivity contribution in [1.29, 1.82) is 0 Å². The number of piperidine rings is 1. The maximum Gasteiger partial charge on any atom is 0.253 e. The van der Waals surface area contributed by atoms with Crippen molar-refractivity contribution in [3.8, 4) is 5.75 Å². The number of aromatic nitrogens is 1. The van der Waals surface area contributed by atoms with Crippen molar-refractivity contribution >= 4 is 17.4 Å². The topological polar surface area (TPSA) is 145 Å². The maximum absolute atomic E-state index is 13.3. The second-order valence-electron chi connectivity index (χ2n) is 8.01. The van der Waals surface area contributed by atoms with Crippen LogP contribution in [0.4, 0.5) is 10.1 Å². The standard InChI is InChI=1S/C23H30FN7O2/c1-33-18-4-2-16(3-5-18)14-31-10-7-23(15-25,8-11-31)29-13-19(22(27)32)21(26)30-17-6-9-28-20(24)12-17/h2-6,9,12-13,29H,7-8,10-11,14-15,25H2,1H3,(H2,27,32)(H2,26,28,30)/b19-13+. The number of carbonyl (C=O) groups excluding carboxylic acids is 1. The molecule has 0 unspecified atom stereocenters. The van der Waals surface area contributed by atoms with Crippen LogP contribution in [-0.4, -0.2) is 53.9 Å². The van der Waals surface area contributed by atoms with Crippen LogP contribution in [0.25, 0.3) is 0 Å². The highest BCUT2D eigenvalue weighted by atomic mass is 19.1. The number of hydrogen-bond donors (Lipinski definition) is 4. The molecular formula is C23H30FN7O2. The van der Waals surface area contributed by atoms with Gasteiger partial charge in [0.2, 0.25) is 5.95 Å². The second-order valence-corrected chi connectivity index (χ2v) is 8.01. The second kappa shape index (κ2) is 10.9. The van der Waals surface area contributed by atoms with E-state index in [2.05, 4.69) is 32.3 Å². The van der Waals surface area contributed by atoms with Crippen LogP contribution in [0.1, 0.15) is 18.4 Å². The lowest BCUT2D eigenvalue weighted by molar-refractivity contribution is -0.114. The van der Waals surface area contributed by atoms with E-state index in [-0.39, 0.29) is 17.1 Å². The predicted octanol–water partition coefficient (Wildman–Crippen LogP) is 1.17. The van der Waals surface area contributed by atoms with Crippen LogP contribution in [0.15, 0.2) is 59.4 Å². The van der Waals surface area contributed by atoms with Gasteiger partial charge in [-0.3, -0.25) is 9.69 Å². The van der Waals surface area contributed by atoms with Gasteiger partial charge in [0.25, 0.3) is 5.91 Å². The number of likely N-dealkylation sites (tertiary alicyclic amines) is 1. The Balaban J connectivity index is 1.66. The van der Waals surface area contributed by atoms with Gasteiger partial charge in [-0.2, -0.15) is 4.39 Å². The Morgan fingerprint density at radius 2 is 1.97 bits per heavy atom. The first-order valence-electron chi connectivity index (χ1n) is 10.6. The lowest BCUT2D eigenvalue weighted by atomic mass is 9.87. The molecule has 1 saturated heterocycles. The summed E-state index contributed by atoms with van der Waals surface area (Å²) in [5.41, 5.74) is 18.6. The van der Waals surface area contributed by atoms with E-state index in [9.17, 15) is 9.18 Å². The molecule has 0 atom stereocenters. The number of primary amides is 1. The summed E-state index contributed by atoms with van der Waals surface area (Å²) in [6, 6.07) is 10.6. The van der Waals surface area contributed by atoms with Crippen LogP contribution in [-0.2, 0) is 11.3 Å². The maximum atomic E-state index is 13.3. The molecule has 1 aromatic carbocycles. The van der Waals surface area contributed by atoms with E-state index >= 15 is 0 Å². The van der Waals surface area contributed by atoms with Crippen molar-refractivity contribution in [2.45, 2.75) is 24.9 Å². The smallest absolute Gasteiger partial charge is 0.253 e. The Labute approximate surface area is 192 Å². The van der Waals surface area contributed by atoms with E-state index < -0.39 is 17.4 Å². The molecule has 33 heavy (non-hydrogen) atoms. The fraction of sp³-hybridized carbons (Fsp3) is 0.348. The Hall–Kier alpha value is -3.50. The van der Waals surface area contributed by atoms with E-state index in [0.717, 1.165) is 44.3 Å². The Bertz CT molecular complexity index is 1020. The molecule has 0 radical (unpaired) electrons. The molecule has 10 heteroatoms. The van der Waals surface area contributed by atoms with Crippen LogP contribution in [0.3, 0.4) is 0 Å². The van der Waals surface area contributed by atoms with Crippen LogP contribution in [0, 0.1) is 5.95 Å². The quantitative estimate of drug-likeness (QED) is 0.192. The normalized spacial score (nSPS) is 16.9. The van der Waals surface area contributed by atoms with Crippen molar-refractivity contribution < 1.29 is 13.9 Å². The molecule has 9 nitrogen and oxygen atoms in total. The van der Waals surface area contributed by atoms with Gasteiger partial charge in [0.15, 0.2) is 0 Å². The predicted molar refractivity (Wildman–Crippen MR) is 125 cm³/mol. The molecule has 2 heterocycles. The fourth-order valence-corrected chi connectivity index (χ4v) is 3.69. The number of nitrogens with two attached hydrogens (primary N) is 3. The van der Waals surface area contributed by atoms with Gasteiger partial charge in [-0.05, 0) is 36.6 Å². The molecule has 1 amide bonds. The summed E-state index contributed by atoms with van der Waals surface area (Å²) in [5, 5.41) is 3.27. The minimum Gasteiger partial charge on any atom is -0.497 e. The van der Waals surface area contributed by atoms with Crippen molar-refractivity contribution in [3.05, 3.63) is 65.9 Å². The number of ether oxygens (including phenoxy) is 1. The molecule has 0 aliphatic carbocycles. The first kappa shape index (κ1) is 24.1. The summed E-state index contributed by atoms with van der Waals surface area (Å²) in [5.74, 6) is -0.736. The average Bonchev–Trinajstić information content (AvgIpc) is 2.80. The van der Waals surface area contributed by atoms with Crippen molar-refractivity contribution in [2.75, 3.05) is 26.7 Å². The van der Waals surface area contributed by atoms with Gasteiger partial charge in [-0.1, -0.05) is 12.1 Å². The number of aliphatic imine (C=N–C) groups is 1. The summed E-state index contributed by atoms with van der Waals surface area (Å²) >= 11 is 0. The van der Waals surface area contributed by atoms with Crippen LogP contribution in [0.5, 0.6) is 5.75 Å². The number of amidine groups is 1. The molecular weight excluding hydrogens is 425 g/mol. The minimum atomic E-state index is -0.748. The Kier molecular flexibility index (Phi) is 7.96. The van der Waals surface area contributed by atoms with E-state index in [4.69, 9.17) is 21.9 Å². The SMILES string of the molecule is COc1ccc(CN2CCC(CN)(N/C=C(/C(N)=O)C(N)=Nc3ccnc(F)c3)CC2)cc1. The molecule has 2 aromatic rings. The lowest BCUT2D eigenvalue weighted by Gasteiger charge is -2.41. The first-order valence-corrected chi connectivity index (χ1v) is 10.6. The summed E-state index contributed by atoms with van der Waals surface area (Å²) in [4.78, 5) is 21.9. The van der Waals surface area contributed by atoms with Crippen LogP contribution < -0.4 is 27.3 Å². The number of pyridine rings is 1. The zero-order valence-electron chi connectivity index (χ0n) is 18.6. The van der Waals surface area contributed by atoms with E-state index in [0.29, 0.717) is 6.54 Å². The third-order valence-corrected chi connectivity index (χ3v) is 5.79. The monoisotopic (exact) mass is 455 g/mol. The average molecular weight is 456 g/mol. The number of rotatable bonds is 9. The summed E-state index contributed by atoms with van der Waals surface area (Å²) in [6.45, 7) is 2.86. The number of amides is 1. The molecule has 0 spiro atoms. The van der Waals surface area contributed by atoms with Gasteiger partial charge >= 0.3 is 0 Å². The van der Waals surface area contributed by atoms with Gasteiger partial charge in [0, 0.05) is 44.6 Å². The van der Waals surface area contributed by atoms with E-state index in [1.807, 2.05) is 12.1 Å². The van der Waals surface area contributed by atoms with Crippen molar-refractivity contribution in [3.63, 3.8) is 0 Å². The highest BCUT2D eigenvalue weighted by molar-refractivity contribution is 6.20. The minimum absolute atomic E-state index is 0.000655. The molecule has 0 saturated carbocycles. The third-order valence-electron chi connectivity index (χ3n) is 5.79. The summed E-state index contributed by atoms with van der Waals surface area (Å²) in [7, 11) is 1.65. The third kappa shape index (κ3) is 6.50. The largest absolute Gasteiger partial charge is 0.497 e. The number of hydrogen-bond acceptors (Lipinski definition) is 7.